The van der Waals surface area contributed by atoms with E-state index in [-0.39, 0.29) is 11.3 Å². The fourth-order valence-electron chi connectivity index (χ4n) is 2.41. The Morgan fingerprint density at radius 3 is 2.46 bits per heavy atom. The molecule has 1 atom stereocenters. The molecule has 0 radical (unpaired) electrons. The average molecular weight is 361 g/mol. The van der Waals surface area contributed by atoms with Gasteiger partial charge in [-0.2, -0.15) is 0 Å². The first kappa shape index (κ1) is 19.0. The van der Waals surface area contributed by atoms with E-state index in [1.165, 1.54) is 28.1 Å². The van der Waals surface area contributed by atoms with Gasteiger partial charge in [-0.3, -0.25) is 24.3 Å². The van der Waals surface area contributed by atoms with Crippen molar-refractivity contribution in [3.63, 3.8) is 0 Å². The van der Waals surface area contributed by atoms with E-state index in [2.05, 4.69) is 5.32 Å². The molecule has 9 heteroatoms. The number of carbonyl (C=O) groups excluding carboxylic acids is 1. The number of nitrogens with zero attached hydrogens (tertiary/aromatic N) is 2. The smallest absolute Gasteiger partial charge is 0.288 e. The van der Waals surface area contributed by atoms with Crippen molar-refractivity contribution in [2.75, 3.05) is 19.5 Å². The molecular formula is C17H19N3O6. The molecular weight excluding hydrogens is 342 g/mol. The molecule has 0 fully saturated rings. The molecule has 0 saturated heterocycles. The molecule has 0 bridgehead atoms. The summed E-state index contributed by atoms with van der Waals surface area (Å²) in [6.45, 7) is 2.95. The van der Waals surface area contributed by atoms with Gasteiger partial charge in [0, 0.05) is 23.4 Å². The van der Waals surface area contributed by atoms with Crippen LogP contribution in [0.1, 0.15) is 18.5 Å². The lowest BCUT2D eigenvalue weighted by molar-refractivity contribution is -0.386. The van der Waals surface area contributed by atoms with Crippen LogP contribution in [0.15, 0.2) is 35.3 Å². The first-order valence-corrected chi connectivity index (χ1v) is 7.68. The molecule has 0 aliphatic carbocycles. The Labute approximate surface area is 149 Å². The Kier molecular flexibility index (Phi) is 5.61. The van der Waals surface area contributed by atoms with E-state index in [1.807, 2.05) is 0 Å². The Balaban J connectivity index is 2.29. The van der Waals surface area contributed by atoms with Gasteiger partial charge in [-0.1, -0.05) is 0 Å². The minimum Gasteiger partial charge on any atom is -0.493 e. The maximum Gasteiger partial charge on any atom is 0.288 e. The second-order valence-electron chi connectivity index (χ2n) is 5.58. The highest BCUT2D eigenvalue weighted by Crippen LogP contribution is 2.30. The molecule has 138 valence electrons. The minimum atomic E-state index is -0.949. The standard InChI is InChI=1S/C17H19N3O6/c1-10-7-16(21)19(9-13(10)20(23)24)11(2)17(22)18-12-5-6-14(25-3)15(8-12)26-4/h5-9,11H,1-4H3,(H,18,22). The SMILES string of the molecule is COc1ccc(NC(=O)C(C)n2cc([N+](=O)[O-])c(C)cc2=O)cc1OC. The number of carbonyl (C=O) groups is 1. The highest BCUT2D eigenvalue weighted by molar-refractivity contribution is 5.93. The fourth-order valence-corrected chi connectivity index (χ4v) is 2.41. The number of aryl methyl sites for hydroxylation is 1. The zero-order chi connectivity index (χ0) is 19.4. The summed E-state index contributed by atoms with van der Waals surface area (Å²) >= 11 is 0. The summed E-state index contributed by atoms with van der Waals surface area (Å²) in [5.41, 5.74) is -0.0451. The van der Waals surface area contributed by atoms with E-state index in [0.29, 0.717) is 17.2 Å². The maximum absolute atomic E-state index is 12.5. The number of hydrogen-bond donors (Lipinski definition) is 1. The molecule has 2 rings (SSSR count). The highest BCUT2D eigenvalue weighted by Gasteiger charge is 2.21. The zero-order valence-electron chi connectivity index (χ0n) is 14.8. The summed E-state index contributed by atoms with van der Waals surface area (Å²) in [5.74, 6) is 0.433. The third kappa shape index (κ3) is 3.82. The largest absolute Gasteiger partial charge is 0.493 e. The highest BCUT2D eigenvalue weighted by atomic mass is 16.6. The predicted molar refractivity (Wildman–Crippen MR) is 95.0 cm³/mol. The lowest BCUT2D eigenvalue weighted by Gasteiger charge is -2.16. The molecule has 1 heterocycles. The summed E-state index contributed by atoms with van der Waals surface area (Å²) in [6.07, 6.45) is 1.08. The van der Waals surface area contributed by atoms with Crippen LogP contribution < -0.4 is 20.3 Å². The summed E-state index contributed by atoms with van der Waals surface area (Å²) in [6, 6.07) is 5.01. The summed E-state index contributed by atoms with van der Waals surface area (Å²) in [7, 11) is 2.96. The Morgan fingerprint density at radius 2 is 1.88 bits per heavy atom. The normalized spacial score (nSPS) is 11.5. The van der Waals surface area contributed by atoms with E-state index in [0.717, 1.165) is 16.8 Å². The number of ether oxygens (including phenoxy) is 2. The molecule has 0 aliphatic rings. The monoisotopic (exact) mass is 361 g/mol. The number of anilines is 1. The van der Waals surface area contributed by atoms with Gasteiger partial charge in [-0.25, -0.2) is 0 Å². The Morgan fingerprint density at radius 1 is 1.23 bits per heavy atom. The van der Waals surface area contributed by atoms with Gasteiger partial charge in [0.05, 0.1) is 25.3 Å². The van der Waals surface area contributed by atoms with Crippen molar-refractivity contribution in [2.24, 2.45) is 0 Å². The van der Waals surface area contributed by atoms with E-state index in [9.17, 15) is 19.7 Å². The zero-order valence-corrected chi connectivity index (χ0v) is 14.8. The summed E-state index contributed by atoms with van der Waals surface area (Å²) in [4.78, 5) is 35.1. The quantitative estimate of drug-likeness (QED) is 0.624. The van der Waals surface area contributed by atoms with Crippen LogP contribution in [0.2, 0.25) is 0 Å². The lowest BCUT2D eigenvalue weighted by Crippen LogP contribution is -2.31. The second kappa shape index (κ2) is 7.68. The minimum absolute atomic E-state index is 0.227. The van der Waals surface area contributed by atoms with Crippen LogP contribution in [0.3, 0.4) is 0 Å². The molecule has 1 N–H and O–H groups in total. The number of hydrogen-bond acceptors (Lipinski definition) is 6. The van der Waals surface area contributed by atoms with Crippen LogP contribution >= 0.6 is 0 Å². The first-order valence-electron chi connectivity index (χ1n) is 7.68. The lowest BCUT2D eigenvalue weighted by atomic mass is 10.2. The molecule has 1 amide bonds. The van der Waals surface area contributed by atoms with Gasteiger partial charge >= 0.3 is 0 Å². The van der Waals surface area contributed by atoms with Crippen molar-refractivity contribution in [1.29, 1.82) is 0 Å². The van der Waals surface area contributed by atoms with Crippen molar-refractivity contribution in [3.05, 3.63) is 56.5 Å². The molecule has 26 heavy (non-hydrogen) atoms. The molecule has 0 saturated carbocycles. The number of nitrogens with one attached hydrogen (secondary N) is 1. The summed E-state index contributed by atoms with van der Waals surface area (Å²) < 4.78 is 11.3. The van der Waals surface area contributed by atoms with Crippen LogP contribution in [0.25, 0.3) is 0 Å². The molecule has 0 spiro atoms. The van der Waals surface area contributed by atoms with Crippen molar-refractivity contribution < 1.29 is 19.2 Å². The van der Waals surface area contributed by atoms with Crippen molar-refractivity contribution in [1.82, 2.24) is 4.57 Å². The molecule has 1 aromatic heterocycles. The Bertz CT molecular complexity index is 906. The van der Waals surface area contributed by atoms with Gasteiger partial charge in [-0.05, 0) is 26.0 Å². The molecule has 1 unspecified atom stereocenters. The summed E-state index contributed by atoms with van der Waals surface area (Å²) in [5, 5.41) is 13.7. The van der Waals surface area contributed by atoms with E-state index < -0.39 is 22.4 Å². The van der Waals surface area contributed by atoms with Gasteiger partial charge in [-0.15, -0.1) is 0 Å². The third-order valence-corrected chi connectivity index (χ3v) is 3.90. The van der Waals surface area contributed by atoms with Gasteiger partial charge in [0.15, 0.2) is 11.5 Å². The van der Waals surface area contributed by atoms with Gasteiger partial charge in [0.25, 0.3) is 11.2 Å². The van der Waals surface area contributed by atoms with Crippen molar-refractivity contribution in [2.45, 2.75) is 19.9 Å². The predicted octanol–water partition coefficient (Wildman–Crippen LogP) is 2.28. The first-order chi connectivity index (χ1) is 12.3. The number of nitro groups is 1. The molecule has 0 aliphatic heterocycles. The van der Waals surface area contributed by atoms with Gasteiger partial charge in [0.2, 0.25) is 5.91 Å². The van der Waals surface area contributed by atoms with Crippen LogP contribution in [0.5, 0.6) is 11.5 Å². The number of pyridine rings is 1. The molecule has 2 aromatic rings. The number of methoxy groups -OCH3 is 2. The van der Waals surface area contributed by atoms with Crippen molar-refractivity contribution >= 4 is 17.3 Å². The second-order valence-corrected chi connectivity index (χ2v) is 5.58. The van der Waals surface area contributed by atoms with Crippen LogP contribution in [0.4, 0.5) is 11.4 Å². The van der Waals surface area contributed by atoms with Gasteiger partial charge in [0.1, 0.15) is 6.04 Å². The topological polar surface area (TPSA) is 113 Å². The van der Waals surface area contributed by atoms with Crippen LogP contribution in [0, 0.1) is 17.0 Å². The molecule has 9 nitrogen and oxygen atoms in total. The van der Waals surface area contributed by atoms with Gasteiger partial charge < -0.3 is 14.8 Å². The van der Waals surface area contributed by atoms with Crippen LogP contribution in [-0.4, -0.2) is 29.6 Å². The van der Waals surface area contributed by atoms with Crippen LogP contribution in [-0.2, 0) is 4.79 Å². The number of rotatable bonds is 6. The third-order valence-electron chi connectivity index (χ3n) is 3.90. The Hall–Kier alpha value is -3.36. The number of amides is 1. The number of aromatic nitrogens is 1. The maximum atomic E-state index is 12.5. The average Bonchev–Trinajstić information content (AvgIpc) is 2.60. The van der Waals surface area contributed by atoms with E-state index >= 15 is 0 Å². The number of benzene rings is 1. The molecule has 1 aromatic carbocycles. The van der Waals surface area contributed by atoms with Crippen molar-refractivity contribution in [3.8, 4) is 11.5 Å². The fraction of sp³-hybridized carbons (Fsp3) is 0.294. The van der Waals surface area contributed by atoms with E-state index in [4.69, 9.17) is 9.47 Å². The van der Waals surface area contributed by atoms with E-state index in [1.54, 1.807) is 18.2 Å².